The monoisotopic (exact) mass is 250 g/mol. The predicted molar refractivity (Wildman–Crippen MR) is 75.8 cm³/mol. The Morgan fingerprint density at radius 3 is 2.28 bits per heavy atom. The Bertz CT molecular complexity index is 317. The van der Waals surface area contributed by atoms with Crippen molar-refractivity contribution in [3.8, 4) is 0 Å². The molecule has 1 rings (SSSR count). The van der Waals surface area contributed by atoms with Crippen LogP contribution in [-0.2, 0) is 10.2 Å². The zero-order chi connectivity index (χ0) is 13.4. The number of hydrogen-bond donors (Lipinski definition) is 1. The molecule has 0 aliphatic carbocycles. The zero-order valence-electron chi connectivity index (χ0n) is 11.9. The average molecular weight is 250 g/mol. The van der Waals surface area contributed by atoms with Gasteiger partial charge in [-0.1, -0.05) is 44.2 Å². The van der Waals surface area contributed by atoms with E-state index in [1.165, 1.54) is 5.56 Å². The summed E-state index contributed by atoms with van der Waals surface area (Å²) in [6.45, 7) is 5.04. The first-order chi connectivity index (χ1) is 8.71. The van der Waals surface area contributed by atoms with Gasteiger partial charge in [-0.25, -0.2) is 0 Å². The molecule has 0 saturated carbocycles. The van der Waals surface area contributed by atoms with Crippen molar-refractivity contribution in [3.05, 3.63) is 35.9 Å². The lowest BCUT2D eigenvalue weighted by Gasteiger charge is -2.37. The van der Waals surface area contributed by atoms with Crippen LogP contribution >= 0.6 is 0 Å². The van der Waals surface area contributed by atoms with Crippen LogP contribution in [0, 0.1) is 0 Å². The number of benzene rings is 1. The van der Waals surface area contributed by atoms with Crippen molar-refractivity contribution in [1.29, 1.82) is 0 Å². The summed E-state index contributed by atoms with van der Waals surface area (Å²) in [4.78, 5) is 0. The molecule has 0 radical (unpaired) electrons. The molecule has 0 spiro atoms. The molecule has 0 aliphatic rings. The third-order valence-corrected chi connectivity index (χ3v) is 4.07. The van der Waals surface area contributed by atoms with E-state index in [0.717, 1.165) is 32.3 Å². The summed E-state index contributed by atoms with van der Waals surface area (Å²) in [5.74, 6) is 0. The average Bonchev–Trinajstić information content (AvgIpc) is 2.42. The van der Waals surface area contributed by atoms with E-state index < -0.39 is 0 Å². The number of hydrogen-bond acceptors (Lipinski definition) is 2. The summed E-state index contributed by atoms with van der Waals surface area (Å²) in [7, 11) is 1.70. The Morgan fingerprint density at radius 1 is 1.17 bits per heavy atom. The molecule has 2 heteroatoms. The molecule has 0 fully saturated rings. The van der Waals surface area contributed by atoms with Gasteiger partial charge in [-0.3, -0.25) is 0 Å². The van der Waals surface area contributed by atoms with Gasteiger partial charge in [0.1, 0.15) is 0 Å². The quantitative estimate of drug-likeness (QED) is 0.715. The maximum Gasteiger partial charge on any atom is 0.0637 e. The molecule has 0 aliphatic heterocycles. The number of aliphatic hydroxyl groups excluding tert-OH is 1. The maximum atomic E-state index is 10.6. The Labute approximate surface area is 111 Å². The second-order valence-electron chi connectivity index (χ2n) is 4.88. The Hall–Kier alpha value is -0.860. The van der Waals surface area contributed by atoms with Crippen molar-refractivity contribution < 1.29 is 9.84 Å². The first kappa shape index (κ1) is 15.2. The summed E-state index contributed by atoms with van der Waals surface area (Å²) in [5, 5.41) is 10.6. The van der Waals surface area contributed by atoms with E-state index in [1.807, 2.05) is 6.07 Å². The van der Waals surface area contributed by atoms with Crippen molar-refractivity contribution in [2.75, 3.05) is 13.7 Å². The van der Waals surface area contributed by atoms with E-state index in [4.69, 9.17) is 4.74 Å². The van der Waals surface area contributed by atoms with Crippen LogP contribution in [0.3, 0.4) is 0 Å². The molecule has 2 nitrogen and oxygen atoms in total. The molecular formula is C16H26O2. The summed E-state index contributed by atoms with van der Waals surface area (Å²) in [6, 6.07) is 10.4. The van der Waals surface area contributed by atoms with Gasteiger partial charge < -0.3 is 9.84 Å². The van der Waals surface area contributed by atoms with Crippen LogP contribution in [0.2, 0.25) is 0 Å². The van der Waals surface area contributed by atoms with Crippen molar-refractivity contribution >= 4 is 0 Å². The Kier molecular flexibility index (Phi) is 6.37. The molecule has 1 aromatic rings. The molecular weight excluding hydrogens is 224 g/mol. The lowest BCUT2D eigenvalue weighted by Crippen LogP contribution is -2.38. The van der Waals surface area contributed by atoms with Crippen molar-refractivity contribution in [3.63, 3.8) is 0 Å². The Morgan fingerprint density at radius 2 is 1.78 bits per heavy atom. The van der Waals surface area contributed by atoms with E-state index in [9.17, 15) is 5.11 Å². The SMILES string of the molecule is CCC(CC)(c1ccccc1)C(O)CCCOC. The van der Waals surface area contributed by atoms with E-state index in [0.29, 0.717) is 0 Å². The summed E-state index contributed by atoms with van der Waals surface area (Å²) in [6.07, 6.45) is 3.32. The fourth-order valence-corrected chi connectivity index (χ4v) is 2.79. The normalized spacial score (nSPS) is 13.6. The highest BCUT2D eigenvalue weighted by molar-refractivity contribution is 5.26. The molecule has 102 valence electrons. The van der Waals surface area contributed by atoms with Gasteiger partial charge in [0, 0.05) is 19.1 Å². The van der Waals surface area contributed by atoms with Gasteiger partial charge in [-0.2, -0.15) is 0 Å². The summed E-state index contributed by atoms with van der Waals surface area (Å²) < 4.78 is 5.07. The number of rotatable bonds is 8. The molecule has 0 bridgehead atoms. The molecule has 1 aromatic carbocycles. The fourth-order valence-electron chi connectivity index (χ4n) is 2.79. The van der Waals surface area contributed by atoms with Gasteiger partial charge >= 0.3 is 0 Å². The van der Waals surface area contributed by atoms with E-state index in [2.05, 4.69) is 38.1 Å². The fraction of sp³-hybridized carbons (Fsp3) is 0.625. The minimum atomic E-state index is -0.301. The van der Waals surface area contributed by atoms with Crippen LogP contribution in [0.25, 0.3) is 0 Å². The van der Waals surface area contributed by atoms with Crippen molar-refractivity contribution in [1.82, 2.24) is 0 Å². The van der Waals surface area contributed by atoms with Crippen molar-refractivity contribution in [2.24, 2.45) is 0 Å². The van der Waals surface area contributed by atoms with Gasteiger partial charge in [0.15, 0.2) is 0 Å². The lowest BCUT2D eigenvalue weighted by atomic mass is 9.70. The predicted octanol–water partition coefficient (Wildman–Crippen LogP) is 3.53. The third-order valence-electron chi connectivity index (χ3n) is 4.07. The molecule has 0 saturated heterocycles. The zero-order valence-corrected chi connectivity index (χ0v) is 11.9. The van der Waals surface area contributed by atoms with E-state index >= 15 is 0 Å². The third kappa shape index (κ3) is 3.33. The second kappa shape index (κ2) is 7.55. The van der Waals surface area contributed by atoms with E-state index in [-0.39, 0.29) is 11.5 Å². The minimum absolute atomic E-state index is 0.116. The van der Waals surface area contributed by atoms with Crippen molar-refractivity contribution in [2.45, 2.75) is 51.0 Å². The minimum Gasteiger partial charge on any atom is -0.392 e. The van der Waals surface area contributed by atoms with Crippen LogP contribution in [0.15, 0.2) is 30.3 Å². The van der Waals surface area contributed by atoms with E-state index in [1.54, 1.807) is 7.11 Å². The summed E-state index contributed by atoms with van der Waals surface area (Å²) in [5.41, 5.74) is 1.13. The molecule has 0 amide bonds. The highest BCUT2D eigenvalue weighted by atomic mass is 16.5. The Balaban J connectivity index is 2.86. The van der Waals surface area contributed by atoms with Gasteiger partial charge in [-0.05, 0) is 31.2 Å². The highest BCUT2D eigenvalue weighted by Crippen LogP contribution is 2.36. The second-order valence-corrected chi connectivity index (χ2v) is 4.88. The van der Waals surface area contributed by atoms with Crippen LogP contribution in [0.1, 0.15) is 45.1 Å². The van der Waals surface area contributed by atoms with Gasteiger partial charge in [0.05, 0.1) is 6.10 Å². The summed E-state index contributed by atoms with van der Waals surface area (Å²) >= 11 is 0. The van der Waals surface area contributed by atoms with Gasteiger partial charge in [0.2, 0.25) is 0 Å². The lowest BCUT2D eigenvalue weighted by molar-refractivity contribution is 0.0559. The highest BCUT2D eigenvalue weighted by Gasteiger charge is 2.35. The number of aliphatic hydroxyl groups is 1. The van der Waals surface area contributed by atoms with Gasteiger partial charge in [-0.15, -0.1) is 0 Å². The largest absolute Gasteiger partial charge is 0.392 e. The van der Waals surface area contributed by atoms with Crippen LogP contribution < -0.4 is 0 Å². The molecule has 0 aromatic heterocycles. The molecule has 1 unspecified atom stereocenters. The standard InChI is InChI=1S/C16H26O2/c1-4-16(5-2,14-10-7-6-8-11-14)15(17)12-9-13-18-3/h6-8,10-11,15,17H,4-5,9,12-13H2,1-3H3. The molecule has 0 heterocycles. The van der Waals surface area contributed by atoms with Crippen LogP contribution in [0.4, 0.5) is 0 Å². The molecule has 18 heavy (non-hydrogen) atoms. The smallest absolute Gasteiger partial charge is 0.0637 e. The number of methoxy groups -OCH3 is 1. The van der Waals surface area contributed by atoms with Crippen LogP contribution in [0.5, 0.6) is 0 Å². The molecule has 1 N–H and O–H groups in total. The first-order valence-electron chi connectivity index (χ1n) is 6.93. The van der Waals surface area contributed by atoms with Gasteiger partial charge in [0.25, 0.3) is 0 Å². The maximum absolute atomic E-state index is 10.6. The molecule has 1 atom stereocenters. The first-order valence-corrected chi connectivity index (χ1v) is 6.93. The number of ether oxygens (including phenoxy) is 1. The topological polar surface area (TPSA) is 29.5 Å². The van der Waals surface area contributed by atoms with Crippen LogP contribution in [-0.4, -0.2) is 24.9 Å².